The number of hydrogen-bond donors (Lipinski definition) is 1. The van der Waals surface area contributed by atoms with Gasteiger partial charge in [0.15, 0.2) is 10.1 Å². The van der Waals surface area contributed by atoms with Crippen molar-refractivity contribution in [2.45, 2.75) is 117 Å². The minimum Gasteiger partial charge on any atom is -0.741 e. The van der Waals surface area contributed by atoms with Crippen LogP contribution in [0, 0.1) is 0 Å². The van der Waals surface area contributed by atoms with Gasteiger partial charge in [-0.05, 0) is 44.9 Å². The third-order valence-electron chi connectivity index (χ3n) is 6.55. The molecule has 0 fully saturated rings. The molecule has 0 saturated heterocycles. The molecule has 0 radical (unpaired) electrons. The second-order valence-electron chi connectivity index (χ2n) is 10.6. The van der Waals surface area contributed by atoms with Crippen LogP contribution in [0.4, 0.5) is 18.0 Å². The number of hydrogen-bond acceptors (Lipinski definition) is 8. The molecule has 0 saturated carbocycles. The van der Waals surface area contributed by atoms with Crippen LogP contribution in [0.2, 0.25) is 6.04 Å². The fourth-order valence-electron chi connectivity index (χ4n) is 4.14. The van der Waals surface area contributed by atoms with E-state index in [4.69, 9.17) is 31.0 Å². The fraction of sp³-hybridized carbons (Fsp3) is 0.964. The summed E-state index contributed by atoms with van der Waals surface area (Å²) in [5.41, 5.74) is -5.65. The lowest BCUT2D eigenvalue weighted by Gasteiger charge is -2.39. The number of alkyl carbamates (subject to hydrolysis) is 1. The maximum absolute atomic E-state index is 12.4. The lowest BCUT2D eigenvalue weighted by molar-refractivity contribution is -0.929. The first-order chi connectivity index (χ1) is 20.2. The maximum Gasteiger partial charge on any atom is 0.501 e. The molecule has 1 amide bonds. The summed E-state index contributed by atoms with van der Waals surface area (Å²) in [7, 11) is -8.80. The van der Waals surface area contributed by atoms with Crippen LogP contribution in [0.3, 0.4) is 0 Å². The molecule has 0 spiro atoms. The second-order valence-corrected chi connectivity index (χ2v) is 14.7. The van der Waals surface area contributed by atoms with Gasteiger partial charge in [0.1, 0.15) is 13.2 Å². The van der Waals surface area contributed by atoms with Gasteiger partial charge in [-0.25, -0.2) is 13.2 Å². The van der Waals surface area contributed by atoms with Gasteiger partial charge in [-0.1, -0.05) is 60.8 Å². The molecule has 43 heavy (non-hydrogen) atoms. The van der Waals surface area contributed by atoms with Crippen molar-refractivity contribution in [3.05, 3.63) is 0 Å². The summed E-state index contributed by atoms with van der Waals surface area (Å²) >= 11 is 0. The van der Waals surface area contributed by atoms with Gasteiger partial charge in [-0.3, -0.25) is 0 Å². The van der Waals surface area contributed by atoms with Crippen LogP contribution < -0.4 is 5.32 Å². The molecular weight excluding hydrogens is 609 g/mol. The molecule has 0 aromatic rings. The highest BCUT2D eigenvalue weighted by Gasteiger charge is 2.40. The van der Waals surface area contributed by atoms with Crippen molar-refractivity contribution in [1.29, 1.82) is 0 Å². The first-order valence-electron chi connectivity index (χ1n) is 15.9. The monoisotopic (exact) mass is 668 g/mol. The first-order valence-corrected chi connectivity index (χ1v) is 19.3. The molecule has 0 aromatic carbocycles. The highest BCUT2D eigenvalue weighted by molar-refractivity contribution is 7.86. The smallest absolute Gasteiger partial charge is 0.501 e. The van der Waals surface area contributed by atoms with E-state index in [9.17, 15) is 18.0 Å². The summed E-state index contributed by atoms with van der Waals surface area (Å²) in [4.78, 5) is 12.4. The van der Waals surface area contributed by atoms with E-state index in [0.717, 1.165) is 36.7 Å². The zero-order chi connectivity index (χ0) is 33.3. The zero-order valence-electron chi connectivity index (χ0n) is 27.4. The summed E-state index contributed by atoms with van der Waals surface area (Å²) in [5, 5.41) is 2.93. The standard InChI is InChI=1S/C27H58N2O5Si.CHF3O3S/c1-7-13-18-29(19-14-8-2,20-15-9-3)21-25-31-27(30)28-17-16-26-35(32-22-10-4,33-23-11-5)34-24-12-6;2-1(3,4)8(5,6)7/h7-26H2,1-6H3;(H,5,6,7). The number of nitrogens with zero attached hydrogens (tertiary/aromatic N) is 1. The zero-order valence-corrected chi connectivity index (χ0v) is 29.2. The van der Waals surface area contributed by atoms with Crippen molar-refractivity contribution >= 4 is 25.0 Å². The van der Waals surface area contributed by atoms with Crippen LogP contribution in [-0.4, -0.2) is 97.0 Å². The fourth-order valence-corrected chi connectivity index (χ4v) is 6.98. The van der Waals surface area contributed by atoms with Crippen molar-refractivity contribution in [2.24, 2.45) is 0 Å². The van der Waals surface area contributed by atoms with Crippen LogP contribution in [-0.2, 0) is 28.1 Å². The molecule has 1 N–H and O–H groups in total. The Bertz CT molecular complexity index is 749. The highest BCUT2D eigenvalue weighted by Crippen LogP contribution is 2.21. The van der Waals surface area contributed by atoms with E-state index in [1.165, 1.54) is 58.2 Å². The number of rotatable bonds is 25. The summed E-state index contributed by atoms with van der Waals surface area (Å²) in [6, 6.07) is 0.707. The molecule has 0 aliphatic heterocycles. The third kappa shape index (κ3) is 22.2. The Morgan fingerprint density at radius 1 is 0.721 bits per heavy atom. The minimum absolute atomic E-state index is 0.324. The van der Waals surface area contributed by atoms with Gasteiger partial charge in [0.05, 0.1) is 19.6 Å². The molecular formula is C28H59F3N2O8SSi. The Labute approximate surface area is 260 Å². The molecule has 0 aromatic heterocycles. The minimum atomic E-state index is -6.09. The molecule has 0 aliphatic rings. The number of ether oxygens (including phenoxy) is 1. The lowest BCUT2D eigenvalue weighted by atomic mass is 10.1. The number of halogens is 3. The maximum atomic E-state index is 12.4. The quantitative estimate of drug-likeness (QED) is 0.0380. The molecule has 15 heteroatoms. The topological polar surface area (TPSA) is 123 Å². The van der Waals surface area contributed by atoms with Crippen molar-refractivity contribution in [3.63, 3.8) is 0 Å². The number of unbranched alkanes of at least 4 members (excludes halogenated alkanes) is 3. The molecule has 0 heterocycles. The van der Waals surface area contributed by atoms with Gasteiger partial charge in [-0.15, -0.1) is 0 Å². The van der Waals surface area contributed by atoms with Crippen LogP contribution in [0.25, 0.3) is 0 Å². The van der Waals surface area contributed by atoms with Gasteiger partial charge in [0, 0.05) is 32.4 Å². The van der Waals surface area contributed by atoms with E-state index in [1.807, 2.05) is 0 Å². The molecule has 0 unspecified atom stereocenters. The Balaban J connectivity index is 0. The average molecular weight is 669 g/mol. The molecule has 0 aliphatic carbocycles. The Morgan fingerprint density at radius 3 is 1.44 bits per heavy atom. The van der Waals surface area contributed by atoms with E-state index in [-0.39, 0.29) is 6.09 Å². The van der Waals surface area contributed by atoms with Gasteiger partial charge < -0.3 is 32.4 Å². The van der Waals surface area contributed by atoms with Crippen LogP contribution in [0.1, 0.15) is 106 Å². The summed E-state index contributed by atoms with van der Waals surface area (Å²) in [6.45, 7) is 20.4. The molecule has 0 rings (SSSR count). The van der Waals surface area contributed by atoms with Crippen molar-refractivity contribution < 1.29 is 53.4 Å². The number of nitrogens with one attached hydrogen (secondary N) is 1. The first kappa shape index (κ1) is 44.2. The summed E-state index contributed by atoms with van der Waals surface area (Å²) in [6.07, 6.45) is 10.5. The van der Waals surface area contributed by atoms with Crippen molar-refractivity contribution in [2.75, 3.05) is 59.2 Å². The van der Waals surface area contributed by atoms with E-state index < -0.39 is 24.4 Å². The Morgan fingerprint density at radius 2 is 1.12 bits per heavy atom. The van der Waals surface area contributed by atoms with Gasteiger partial charge >= 0.3 is 20.4 Å². The van der Waals surface area contributed by atoms with Crippen molar-refractivity contribution in [1.82, 2.24) is 5.32 Å². The average Bonchev–Trinajstić information content (AvgIpc) is 2.95. The molecule has 10 nitrogen and oxygen atoms in total. The normalized spacial score (nSPS) is 12.5. The predicted octanol–water partition coefficient (Wildman–Crippen LogP) is 6.59. The highest BCUT2D eigenvalue weighted by atomic mass is 32.2. The van der Waals surface area contributed by atoms with Crippen LogP contribution >= 0.6 is 0 Å². The van der Waals surface area contributed by atoms with E-state index in [0.29, 0.717) is 39.0 Å². The van der Waals surface area contributed by atoms with Crippen LogP contribution in [0.15, 0.2) is 0 Å². The lowest BCUT2D eigenvalue weighted by Crippen LogP contribution is -2.52. The van der Waals surface area contributed by atoms with E-state index in [1.54, 1.807) is 0 Å². The largest absolute Gasteiger partial charge is 0.741 e. The predicted molar refractivity (Wildman–Crippen MR) is 163 cm³/mol. The Kier molecular flexibility index (Phi) is 25.9. The SMILES string of the molecule is CCCC[N+](CCCC)(CCCC)CCOC(=O)NCCC[Si](OCCC)(OCCC)OCCC.O=S(=O)([O-])C(F)(F)F. The van der Waals surface area contributed by atoms with Gasteiger partial charge in [-0.2, -0.15) is 13.2 Å². The number of amides is 1. The van der Waals surface area contributed by atoms with E-state index >= 15 is 0 Å². The molecule has 260 valence electrons. The van der Waals surface area contributed by atoms with Gasteiger partial charge in [0.2, 0.25) is 0 Å². The van der Waals surface area contributed by atoms with Crippen LogP contribution in [0.5, 0.6) is 0 Å². The molecule has 0 bridgehead atoms. The Hall–Kier alpha value is -0.973. The van der Waals surface area contributed by atoms with Crippen molar-refractivity contribution in [3.8, 4) is 0 Å². The van der Waals surface area contributed by atoms with Gasteiger partial charge in [0.25, 0.3) is 0 Å². The van der Waals surface area contributed by atoms with E-state index in [2.05, 4.69) is 46.9 Å². The number of carbonyl (C=O) groups excluding carboxylic acids is 1. The summed E-state index contributed by atoms with van der Waals surface area (Å²) < 4.78 is 84.0. The number of quaternary nitrogens is 1. The summed E-state index contributed by atoms with van der Waals surface area (Å²) in [5.74, 6) is 0. The molecule has 0 atom stereocenters. The second kappa shape index (κ2) is 25.2. The number of carbonyl (C=O) groups is 1. The third-order valence-corrected chi connectivity index (χ3v) is 10.0. The number of alkyl halides is 3.